The van der Waals surface area contributed by atoms with Gasteiger partial charge in [-0.3, -0.25) is 14.5 Å². The predicted octanol–water partition coefficient (Wildman–Crippen LogP) is 2.58. The van der Waals surface area contributed by atoms with Crippen molar-refractivity contribution in [2.75, 3.05) is 38.0 Å². The number of piperazine rings is 1. The van der Waals surface area contributed by atoms with Crippen LogP contribution in [0.2, 0.25) is 0 Å². The third-order valence-electron chi connectivity index (χ3n) is 3.96. The SMILES string of the molecule is O=C(CN1CCN(C(=O)c2ccco2)CC1)Nc1ccc(Br)cc1F. The minimum Gasteiger partial charge on any atom is -0.459 e. The molecule has 0 spiro atoms. The van der Waals surface area contributed by atoms with Gasteiger partial charge in [-0.15, -0.1) is 0 Å². The number of carbonyl (C=O) groups is 2. The van der Waals surface area contributed by atoms with Crippen LogP contribution in [0.5, 0.6) is 0 Å². The molecular formula is C17H17BrFN3O3. The van der Waals surface area contributed by atoms with Crippen LogP contribution in [-0.4, -0.2) is 54.3 Å². The number of rotatable bonds is 4. The van der Waals surface area contributed by atoms with Crippen molar-refractivity contribution in [1.29, 1.82) is 0 Å². The first kappa shape index (κ1) is 17.6. The Hall–Kier alpha value is -2.19. The number of benzene rings is 1. The number of hydrogen-bond acceptors (Lipinski definition) is 4. The number of nitrogens with one attached hydrogen (secondary N) is 1. The largest absolute Gasteiger partial charge is 0.459 e. The lowest BCUT2D eigenvalue weighted by Gasteiger charge is -2.33. The molecule has 1 aliphatic heterocycles. The summed E-state index contributed by atoms with van der Waals surface area (Å²) in [6.07, 6.45) is 1.47. The maximum absolute atomic E-state index is 13.8. The fourth-order valence-corrected chi connectivity index (χ4v) is 2.98. The molecule has 132 valence electrons. The van der Waals surface area contributed by atoms with E-state index in [9.17, 15) is 14.0 Å². The third kappa shape index (κ3) is 4.46. The minimum atomic E-state index is -0.489. The van der Waals surface area contributed by atoms with Crippen LogP contribution >= 0.6 is 15.9 Å². The molecule has 0 bridgehead atoms. The summed E-state index contributed by atoms with van der Waals surface area (Å²) in [5.74, 6) is -0.605. The van der Waals surface area contributed by atoms with Crippen LogP contribution in [0, 0.1) is 5.82 Å². The van der Waals surface area contributed by atoms with Crippen molar-refractivity contribution in [1.82, 2.24) is 9.80 Å². The van der Waals surface area contributed by atoms with Crippen molar-refractivity contribution in [2.45, 2.75) is 0 Å². The van der Waals surface area contributed by atoms with Crippen molar-refractivity contribution in [2.24, 2.45) is 0 Å². The van der Waals surface area contributed by atoms with E-state index in [-0.39, 0.29) is 24.0 Å². The smallest absolute Gasteiger partial charge is 0.289 e. The lowest BCUT2D eigenvalue weighted by molar-refractivity contribution is -0.117. The van der Waals surface area contributed by atoms with E-state index < -0.39 is 5.82 Å². The van der Waals surface area contributed by atoms with Crippen molar-refractivity contribution >= 4 is 33.4 Å². The summed E-state index contributed by atoms with van der Waals surface area (Å²) in [6.45, 7) is 2.32. The highest BCUT2D eigenvalue weighted by Crippen LogP contribution is 2.19. The average Bonchev–Trinajstić information content (AvgIpc) is 3.12. The van der Waals surface area contributed by atoms with Crippen LogP contribution in [0.3, 0.4) is 0 Å². The molecule has 2 amide bonds. The highest BCUT2D eigenvalue weighted by Gasteiger charge is 2.24. The molecule has 1 aromatic heterocycles. The first-order valence-electron chi connectivity index (χ1n) is 7.83. The molecule has 0 atom stereocenters. The topological polar surface area (TPSA) is 65.8 Å². The molecule has 3 rings (SSSR count). The molecule has 6 nitrogen and oxygen atoms in total. The maximum atomic E-state index is 13.8. The quantitative estimate of drug-likeness (QED) is 0.842. The molecule has 25 heavy (non-hydrogen) atoms. The van der Waals surface area contributed by atoms with Crippen LogP contribution in [-0.2, 0) is 4.79 Å². The first-order chi connectivity index (χ1) is 12.0. The van der Waals surface area contributed by atoms with E-state index >= 15 is 0 Å². The zero-order valence-electron chi connectivity index (χ0n) is 13.4. The highest BCUT2D eigenvalue weighted by molar-refractivity contribution is 9.10. The van der Waals surface area contributed by atoms with Gasteiger partial charge in [-0.25, -0.2) is 4.39 Å². The number of furan rings is 1. The molecule has 8 heteroatoms. The van der Waals surface area contributed by atoms with Gasteiger partial charge in [-0.05, 0) is 30.3 Å². The molecule has 2 heterocycles. The van der Waals surface area contributed by atoms with E-state index in [2.05, 4.69) is 21.2 Å². The van der Waals surface area contributed by atoms with Gasteiger partial charge < -0.3 is 14.6 Å². The van der Waals surface area contributed by atoms with E-state index in [0.29, 0.717) is 36.4 Å². The van der Waals surface area contributed by atoms with Gasteiger partial charge in [-0.2, -0.15) is 0 Å². The normalized spacial score (nSPS) is 15.2. The zero-order valence-corrected chi connectivity index (χ0v) is 15.0. The molecule has 0 radical (unpaired) electrons. The maximum Gasteiger partial charge on any atom is 0.289 e. The Morgan fingerprint density at radius 1 is 1.20 bits per heavy atom. The van der Waals surface area contributed by atoms with Crippen molar-refractivity contribution in [3.05, 3.63) is 52.6 Å². The van der Waals surface area contributed by atoms with Gasteiger partial charge in [0.2, 0.25) is 5.91 Å². The van der Waals surface area contributed by atoms with E-state index in [0.717, 1.165) is 0 Å². The Balaban J connectivity index is 1.48. The fraction of sp³-hybridized carbons (Fsp3) is 0.294. The molecule has 1 saturated heterocycles. The molecule has 0 unspecified atom stereocenters. The number of nitrogens with zero attached hydrogens (tertiary/aromatic N) is 2. The summed E-state index contributed by atoms with van der Waals surface area (Å²) in [6, 6.07) is 7.79. The molecule has 2 aromatic rings. The second-order valence-corrected chi connectivity index (χ2v) is 6.63. The number of amides is 2. The zero-order chi connectivity index (χ0) is 17.8. The summed E-state index contributed by atoms with van der Waals surface area (Å²) in [5.41, 5.74) is 0.153. The Kier molecular flexibility index (Phi) is 5.50. The van der Waals surface area contributed by atoms with Gasteiger partial charge in [0, 0.05) is 30.7 Å². The van der Waals surface area contributed by atoms with Crippen molar-refractivity contribution < 1.29 is 18.4 Å². The number of hydrogen-bond donors (Lipinski definition) is 1. The molecule has 0 saturated carbocycles. The van der Waals surface area contributed by atoms with Crippen LogP contribution in [0.25, 0.3) is 0 Å². The summed E-state index contributed by atoms with van der Waals surface area (Å²) in [4.78, 5) is 27.9. The predicted molar refractivity (Wildman–Crippen MR) is 93.8 cm³/mol. The fourth-order valence-electron chi connectivity index (χ4n) is 2.65. The van der Waals surface area contributed by atoms with Crippen molar-refractivity contribution in [3.63, 3.8) is 0 Å². The van der Waals surface area contributed by atoms with Gasteiger partial charge in [-0.1, -0.05) is 15.9 Å². The molecular weight excluding hydrogens is 393 g/mol. The van der Waals surface area contributed by atoms with Crippen LogP contribution in [0.15, 0.2) is 45.5 Å². The van der Waals surface area contributed by atoms with Crippen LogP contribution < -0.4 is 5.32 Å². The third-order valence-corrected chi connectivity index (χ3v) is 4.46. The number of anilines is 1. The summed E-state index contributed by atoms with van der Waals surface area (Å²) < 4.78 is 19.5. The lowest BCUT2D eigenvalue weighted by Crippen LogP contribution is -2.50. The number of halogens is 2. The first-order valence-corrected chi connectivity index (χ1v) is 8.62. The summed E-state index contributed by atoms with van der Waals surface area (Å²) >= 11 is 3.17. The van der Waals surface area contributed by atoms with Gasteiger partial charge >= 0.3 is 0 Å². The van der Waals surface area contributed by atoms with Gasteiger partial charge in [0.15, 0.2) is 5.76 Å². The summed E-state index contributed by atoms with van der Waals surface area (Å²) in [5, 5.41) is 2.57. The van der Waals surface area contributed by atoms with Crippen LogP contribution in [0.1, 0.15) is 10.6 Å². The number of carbonyl (C=O) groups excluding carboxylic acids is 2. The van der Waals surface area contributed by atoms with E-state index in [1.807, 2.05) is 4.90 Å². The highest BCUT2D eigenvalue weighted by atomic mass is 79.9. The Morgan fingerprint density at radius 3 is 2.60 bits per heavy atom. The molecule has 0 aliphatic carbocycles. The molecule has 1 aliphatic rings. The lowest BCUT2D eigenvalue weighted by atomic mass is 10.2. The minimum absolute atomic E-state index is 0.147. The van der Waals surface area contributed by atoms with E-state index in [1.165, 1.54) is 18.4 Å². The van der Waals surface area contributed by atoms with Gasteiger partial charge in [0.25, 0.3) is 5.91 Å². The Labute approximate surface area is 152 Å². The Bertz CT molecular complexity index is 759. The standard InChI is InChI=1S/C17H17BrFN3O3/c18-12-3-4-14(13(19)10-12)20-16(23)11-21-5-7-22(8-6-21)17(24)15-2-1-9-25-15/h1-4,9-10H,5-8,11H2,(H,20,23). The second-order valence-electron chi connectivity index (χ2n) is 5.72. The van der Waals surface area contributed by atoms with E-state index in [4.69, 9.17) is 4.42 Å². The van der Waals surface area contributed by atoms with Gasteiger partial charge in [0.1, 0.15) is 5.82 Å². The Morgan fingerprint density at radius 2 is 1.96 bits per heavy atom. The molecule has 1 aromatic carbocycles. The van der Waals surface area contributed by atoms with Gasteiger partial charge in [0.05, 0.1) is 18.5 Å². The molecule has 1 fully saturated rings. The van der Waals surface area contributed by atoms with Crippen LogP contribution in [0.4, 0.5) is 10.1 Å². The van der Waals surface area contributed by atoms with Crippen molar-refractivity contribution in [3.8, 4) is 0 Å². The monoisotopic (exact) mass is 409 g/mol. The van der Waals surface area contributed by atoms with E-state index in [1.54, 1.807) is 23.1 Å². The summed E-state index contributed by atoms with van der Waals surface area (Å²) in [7, 11) is 0. The second kappa shape index (κ2) is 7.79. The molecule has 1 N–H and O–H groups in total. The average molecular weight is 410 g/mol.